The number of sulfonamides is 1. The number of ether oxygens (including phenoxy) is 2. The van der Waals surface area contributed by atoms with Gasteiger partial charge in [-0.2, -0.15) is 9.40 Å². The monoisotopic (exact) mass is 461 g/mol. The van der Waals surface area contributed by atoms with Gasteiger partial charge in [0, 0.05) is 56.1 Å². The van der Waals surface area contributed by atoms with Crippen LogP contribution in [0.25, 0.3) is 5.65 Å². The highest BCUT2D eigenvalue weighted by atomic mass is 32.2. The highest BCUT2D eigenvalue weighted by molar-refractivity contribution is 7.99. The third kappa shape index (κ3) is 4.43. The number of anilines is 1. The Morgan fingerprint density at radius 3 is 2.74 bits per heavy atom. The van der Waals surface area contributed by atoms with E-state index in [0.717, 1.165) is 27.9 Å². The Bertz CT molecular complexity index is 1180. The Hall–Kier alpha value is -2.50. The number of fused-ring (bicyclic) bond motifs is 2. The van der Waals surface area contributed by atoms with Crippen molar-refractivity contribution in [1.29, 1.82) is 0 Å². The minimum Gasteiger partial charge on any atom is -0.454 e. The van der Waals surface area contributed by atoms with Crippen LogP contribution in [0, 0.1) is 0 Å². The van der Waals surface area contributed by atoms with Crippen LogP contribution in [0.5, 0.6) is 11.5 Å². The largest absolute Gasteiger partial charge is 0.454 e. The summed E-state index contributed by atoms with van der Waals surface area (Å²) in [5, 5.41) is 5.31. The summed E-state index contributed by atoms with van der Waals surface area (Å²) in [4.78, 5) is 6.35. The molecule has 0 N–H and O–H groups in total. The highest BCUT2D eigenvalue weighted by Gasteiger charge is 2.27. The van der Waals surface area contributed by atoms with Crippen molar-refractivity contribution < 1.29 is 17.9 Å². The van der Waals surface area contributed by atoms with Crippen molar-refractivity contribution in [3.8, 4) is 11.5 Å². The van der Waals surface area contributed by atoms with Gasteiger partial charge in [-0.15, -0.1) is 11.8 Å². The Morgan fingerprint density at radius 1 is 1.03 bits per heavy atom. The van der Waals surface area contributed by atoms with Gasteiger partial charge in [-0.3, -0.25) is 0 Å². The van der Waals surface area contributed by atoms with Gasteiger partial charge in [0.2, 0.25) is 16.8 Å². The van der Waals surface area contributed by atoms with Crippen LogP contribution in [-0.4, -0.2) is 71.8 Å². The van der Waals surface area contributed by atoms with Gasteiger partial charge in [-0.1, -0.05) is 0 Å². The van der Waals surface area contributed by atoms with Gasteiger partial charge in [0.25, 0.3) is 0 Å². The Balaban J connectivity index is 1.10. The maximum absolute atomic E-state index is 12.8. The zero-order valence-corrected chi connectivity index (χ0v) is 18.5. The minimum atomic E-state index is -3.27. The summed E-state index contributed by atoms with van der Waals surface area (Å²) in [6.45, 7) is 2.54. The summed E-state index contributed by atoms with van der Waals surface area (Å²) < 4.78 is 39.7. The Labute approximate surface area is 185 Å². The number of imidazole rings is 1. The topological polar surface area (TPSA) is 89.3 Å². The number of benzene rings is 1. The zero-order chi connectivity index (χ0) is 21.3. The summed E-state index contributed by atoms with van der Waals surface area (Å²) in [7, 11) is -3.27. The molecule has 0 spiro atoms. The first-order valence-corrected chi connectivity index (χ1v) is 12.7. The maximum Gasteiger partial charge on any atom is 0.231 e. The molecule has 0 unspecified atom stereocenters. The van der Waals surface area contributed by atoms with Crippen LogP contribution in [-0.2, 0) is 10.0 Å². The summed E-state index contributed by atoms with van der Waals surface area (Å²) in [6.07, 6.45) is 4.09. The molecule has 0 radical (unpaired) electrons. The lowest BCUT2D eigenvalue weighted by atomic mass is 10.2. The number of aromatic nitrogens is 3. The molecule has 4 heterocycles. The SMILES string of the molecule is O=S(=O)(CCCSc1ccc2nccn2n1)N1CCN(c2ccc3c(c2)OCO3)CC1. The predicted octanol–water partition coefficient (Wildman–Crippen LogP) is 2.09. The van der Waals surface area contributed by atoms with Gasteiger partial charge in [0.1, 0.15) is 5.03 Å². The fraction of sp³-hybridized carbons (Fsp3) is 0.400. The van der Waals surface area contributed by atoms with E-state index in [1.54, 1.807) is 33.0 Å². The Morgan fingerprint density at radius 2 is 1.87 bits per heavy atom. The number of hydrogen-bond donors (Lipinski definition) is 0. The number of hydrogen-bond acceptors (Lipinski definition) is 8. The maximum atomic E-state index is 12.8. The van der Waals surface area contributed by atoms with Crippen LogP contribution in [0.1, 0.15) is 6.42 Å². The molecule has 0 amide bonds. The third-order valence-electron chi connectivity index (χ3n) is 5.38. The fourth-order valence-electron chi connectivity index (χ4n) is 3.73. The summed E-state index contributed by atoms with van der Waals surface area (Å²) in [6, 6.07) is 9.67. The molecule has 2 aliphatic heterocycles. The van der Waals surface area contributed by atoms with Crippen LogP contribution < -0.4 is 14.4 Å². The molecule has 0 aliphatic carbocycles. The second-order valence-electron chi connectivity index (χ2n) is 7.34. The van der Waals surface area contributed by atoms with Crippen molar-refractivity contribution in [3.63, 3.8) is 0 Å². The standard InChI is InChI=1S/C20H23N5O4S2/c26-31(27,13-1-12-30-20-5-4-19-21-6-7-25(19)22-20)24-10-8-23(9-11-24)16-2-3-17-18(14-16)29-15-28-17/h2-7,14H,1,8-13,15H2. The van der Waals surface area contributed by atoms with E-state index in [1.165, 1.54) is 0 Å². The molecular formula is C20H23N5O4S2. The molecule has 11 heteroatoms. The van der Waals surface area contributed by atoms with Crippen LogP contribution >= 0.6 is 11.8 Å². The average molecular weight is 462 g/mol. The van der Waals surface area contributed by atoms with Gasteiger partial charge in [-0.05, 0) is 30.7 Å². The summed E-state index contributed by atoms with van der Waals surface area (Å²) >= 11 is 1.56. The van der Waals surface area contributed by atoms with Crippen molar-refractivity contribution in [3.05, 3.63) is 42.7 Å². The lowest BCUT2D eigenvalue weighted by Gasteiger charge is -2.35. The molecule has 164 valence electrons. The summed E-state index contributed by atoms with van der Waals surface area (Å²) in [5.74, 6) is 2.34. The first kappa shape index (κ1) is 20.4. The molecule has 2 aliphatic rings. The van der Waals surface area contributed by atoms with Gasteiger partial charge < -0.3 is 14.4 Å². The molecule has 3 aromatic rings. The number of piperazine rings is 1. The van der Waals surface area contributed by atoms with E-state index in [2.05, 4.69) is 15.0 Å². The zero-order valence-electron chi connectivity index (χ0n) is 16.9. The van der Waals surface area contributed by atoms with E-state index in [9.17, 15) is 8.42 Å². The van der Waals surface area contributed by atoms with Crippen molar-refractivity contribution in [2.45, 2.75) is 11.4 Å². The van der Waals surface area contributed by atoms with Gasteiger partial charge >= 0.3 is 0 Å². The first-order chi connectivity index (χ1) is 15.1. The van der Waals surface area contributed by atoms with Gasteiger partial charge in [-0.25, -0.2) is 17.9 Å². The molecule has 1 aromatic carbocycles. The average Bonchev–Trinajstić information content (AvgIpc) is 3.45. The first-order valence-electron chi connectivity index (χ1n) is 10.1. The van der Waals surface area contributed by atoms with Crippen molar-refractivity contribution in [1.82, 2.24) is 18.9 Å². The quantitative estimate of drug-likeness (QED) is 0.390. The molecule has 1 saturated heterocycles. The molecule has 9 nitrogen and oxygen atoms in total. The van der Waals surface area contributed by atoms with E-state index in [4.69, 9.17) is 9.47 Å². The van der Waals surface area contributed by atoms with E-state index in [-0.39, 0.29) is 12.5 Å². The van der Waals surface area contributed by atoms with Crippen LogP contribution in [0.15, 0.2) is 47.8 Å². The van der Waals surface area contributed by atoms with E-state index in [1.807, 2.05) is 30.3 Å². The molecule has 0 bridgehead atoms. The van der Waals surface area contributed by atoms with E-state index >= 15 is 0 Å². The molecule has 1 fully saturated rings. The van der Waals surface area contributed by atoms with Gasteiger partial charge in [0.15, 0.2) is 17.1 Å². The number of rotatable bonds is 7. The molecule has 2 aromatic heterocycles. The molecular weight excluding hydrogens is 438 g/mol. The molecule has 31 heavy (non-hydrogen) atoms. The molecule has 5 rings (SSSR count). The minimum absolute atomic E-state index is 0.150. The van der Waals surface area contributed by atoms with Crippen molar-refractivity contribution >= 4 is 33.1 Å². The third-order valence-corrected chi connectivity index (χ3v) is 8.34. The predicted molar refractivity (Wildman–Crippen MR) is 118 cm³/mol. The van der Waals surface area contributed by atoms with Crippen LogP contribution in [0.4, 0.5) is 5.69 Å². The van der Waals surface area contributed by atoms with Crippen LogP contribution in [0.3, 0.4) is 0 Å². The highest BCUT2D eigenvalue weighted by Crippen LogP contribution is 2.35. The lowest BCUT2D eigenvalue weighted by molar-refractivity contribution is 0.174. The Kier molecular flexibility index (Phi) is 5.63. The fourth-order valence-corrected chi connectivity index (χ4v) is 6.21. The molecule has 0 atom stereocenters. The van der Waals surface area contributed by atoms with E-state index < -0.39 is 10.0 Å². The second-order valence-corrected chi connectivity index (χ2v) is 10.5. The second kappa shape index (κ2) is 8.56. The lowest BCUT2D eigenvalue weighted by Crippen LogP contribution is -2.49. The molecule has 0 saturated carbocycles. The van der Waals surface area contributed by atoms with Crippen molar-refractivity contribution in [2.24, 2.45) is 0 Å². The summed E-state index contributed by atoms with van der Waals surface area (Å²) in [5.41, 5.74) is 1.83. The normalized spacial score (nSPS) is 16.8. The number of thioether (sulfide) groups is 1. The van der Waals surface area contributed by atoms with E-state index in [0.29, 0.717) is 38.4 Å². The smallest absolute Gasteiger partial charge is 0.231 e. The van der Waals surface area contributed by atoms with Crippen molar-refractivity contribution in [2.75, 3.05) is 49.4 Å². The van der Waals surface area contributed by atoms with Crippen LogP contribution in [0.2, 0.25) is 0 Å². The number of nitrogens with zero attached hydrogens (tertiary/aromatic N) is 5. The van der Waals surface area contributed by atoms with Gasteiger partial charge in [0.05, 0.1) is 5.75 Å².